The highest BCUT2D eigenvalue weighted by molar-refractivity contribution is 6.32. The summed E-state index contributed by atoms with van der Waals surface area (Å²) in [6.45, 7) is 8.46. The van der Waals surface area contributed by atoms with Crippen molar-refractivity contribution in [2.24, 2.45) is 5.92 Å². The minimum absolute atomic E-state index is 0.0737. The van der Waals surface area contributed by atoms with Crippen molar-refractivity contribution in [2.75, 3.05) is 50.0 Å². The maximum absolute atomic E-state index is 13.4. The minimum Gasteiger partial charge on any atom is -0.490 e. The molecule has 50 heavy (non-hydrogen) atoms. The third-order valence-electron chi connectivity index (χ3n) is 9.20. The van der Waals surface area contributed by atoms with E-state index in [1.165, 1.54) is 43.8 Å². The van der Waals surface area contributed by atoms with Gasteiger partial charge in [0, 0.05) is 43.2 Å². The lowest BCUT2D eigenvalue weighted by Crippen LogP contribution is -2.38. The van der Waals surface area contributed by atoms with Crippen LogP contribution in [0.1, 0.15) is 44.1 Å². The lowest BCUT2D eigenvalue weighted by molar-refractivity contribution is -0.127. The van der Waals surface area contributed by atoms with Gasteiger partial charge in [-0.2, -0.15) is 0 Å². The largest absolute Gasteiger partial charge is 0.490 e. The van der Waals surface area contributed by atoms with Crippen LogP contribution in [-0.4, -0.2) is 70.9 Å². The molecule has 10 nitrogen and oxygen atoms in total. The van der Waals surface area contributed by atoms with Crippen molar-refractivity contribution in [1.82, 2.24) is 19.8 Å². The van der Waals surface area contributed by atoms with E-state index >= 15 is 0 Å². The third-order valence-corrected chi connectivity index (χ3v) is 9.50. The molecule has 0 bridgehead atoms. The number of hydrogen-bond acceptors (Lipinski definition) is 8. The molecule has 4 aromatic rings. The van der Waals surface area contributed by atoms with E-state index in [2.05, 4.69) is 32.1 Å². The number of aromatic nitrogens is 2. The summed E-state index contributed by atoms with van der Waals surface area (Å²) in [7, 11) is 0. The Kier molecular flexibility index (Phi) is 11.8. The van der Waals surface area contributed by atoms with Gasteiger partial charge in [-0.15, -0.1) is 0 Å². The number of nitrogens with one attached hydrogen (secondary N) is 2. The van der Waals surface area contributed by atoms with Crippen molar-refractivity contribution in [3.63, 3.8) is 0 Å². The van der Waals surface area contributed by atoms with Gasteiger partial charge in [0.2, 0.25) is 11.8 Å². The Bertz CT molecular complexity index is 1810. The summed E-state index contributed by atoms with van der Waals surface area (Å²) >= 11 is 6.58. The van der Waals surface area contributed by atoms with Crippen molar-refractivity contribution in [3.8, 4) is 11.5 Å². The zero-order chi connectivity index (χ0) is 34.9. The van der Waals surface area contributed by atoms with E-state index in [-0.39, 0.29) is 30.2 Å². The summed E-state index contributed by atoms with van der Waals surface area (Å²) in [5, 5.41) is 7.52. The lowest BCUT2D eigenvalue weighted by Gasteiger charge is -2.31. The van der Waals surface area contributed by atoms with Gasteiger partial charge in [0.25, 0.3) is 0 Å². The fraction of sp³-hybridized carbons (Fsp3) is 0.368. The predicted octanol–water partition coefficient (Wildman–Crippen LogP) is 7.36. The van der Waals surface area contributed by atoms with Crippen LogP contribution in [0.15, 0.2) is 73.6 Å². The summed E-state index contributed by atoms with van der Waals surface area (Å²) in [4.78, 5) is 38.6. The average molecular weight is 701 g/mol. The highest BCUT2D eigenvalue weighted by Gasteiger charge is 2.24. The van der Waals surface area contributed by atoms with Gasteiger partial charge in [-0.05, 0) is 92.7 Å². The maximum atomic E-state index is 13.4. The number of nitrogens with zero attached hydrogens (tertiary/aromatic N) is 4. The molecule has 3 aromatic carbocycles. The van der Waals surface area contributed by atoms with Crippen LogP contribution in [0.2, 0.25) is 5.02 Å². The van der Waals surface area contributed by atoms with Gasteiger partial charge in [0.05, 0.1) is 16.2 Å². The van der Waals surface area contributed by atoms with Crippen LogP contribution in [0.5, 0.6) is 11.5 Å². The Hall–Kier alpha value is -4.74. The molecule has 12 heteroatoms. The topological polar surface area (TPSA) is 109 Å². The van der Waals surface area contributed by atoms with E-state index in [9.17, 15) is 14.0 Å². The van der Waals surface area contributed by atoms with E-state index in [0.29, 0.717) is 70.7 Å². The molecule has 2 saturated heterocycles. The summed E-state index contributed by atoms with van der Waals surface area (Å²) < 4.78 is 25.4. The van der Waals surface area contributed by atoms with Crippen molar-refractivity contribution in [2.45, 2.75) is 45.1 Å². The van der Waals surface area contributed by atoms with Crippen LogP contribution in [0.25, 0.3) is 10.9 Å². The van der Waals surface area contributed by atoms with E-state index in [0.717, 1.165) is 38.0 Å². The third kappa shape index (κ3) is 9.28. The number of carbonyl (C=O) groups is 2. The molecule has 0 aliphatic carbocycles. The summed E-state index contributed by atoms with van der Waals surface area (Å²) in [6, 6.07) is 15.1. The number of halogens is 2. The van der Waals surface area contributed by atoms with Gasteiger partial charge < -0.3 is 25.0 Å². The molecule has 0 atom stereocenters. The Morgan fingerprint density at radius 3 is 2.48 bits per heavy atom. The molecule has 2 aliphatic rings. The van der Waals surface area contributed by atoms with Crippen LogP contribution in [0.3, 0.4) is 0 Å². The molecular weight excluding hydrogens is 659 g/mol. The van der Waals surface area contributed by atoms with Gasteiger partial charge in [0.15, 0.2) is 0 Å². The molecule has 0 unspecified atom stereocenters. The highest BCUT2D eigenvalue weighted by atomic mass is 35.5. The lowest BCUT2D eigenvalue weighted by atomic mass is 9.93. The zero-order valence-corrected chi connectivity index (χ0v) is 28.8. The first-order valence-electron chi connectivity index (χ1n) is 17.1. The van der Waals surface area contributed by atoms with Crippen molar-refractivity contribution in [3.05, 3.63) is 90.0 Å². The van der Waals surface area contributed by atoms with Crippen molar-refractivity contribution in [1.29, 1.82) is 0 Å². The van der Waals surface area contributed by atoms with Crippen LogP contribution in [-0.2, 0) is 16.2 Å². The number of benzene rings is 3. The molecule has 1 aromatic heterocycles. The average Bonchev–Trinajstić information content (AvgIpc) is 3.13. The number of amides is 2. The molecule has 2 aliphatic heterocycles. The van der Waals surface area contributed by atoms with Crippen molar-refractivity contribution < 1.29 is 23.5 Å². The smallest absolute Gasteiger partial charge is 0.245 e. The van der Waals surface area contributed by atoms with E-state index in [4.69, 9.17) is 21.1 Å². The Labute approximate surface area is 296 Å². The van der Waals surface area contributed by atoms with Crippen LogP contribution in [0.4, 0.5) is 21.6 Å². The monoisotopic (exact) mass is 700 g/mol. The van der Waals surface area contributed by atoms with Gasteiger partial charge in [0.1, 0.15) is 42.7 Å². The second-order valence-corrected chi connectivity index (χ2v) is 13.2. The van der Waals surface area contributed by atoms with Gasteiger partial charge >= 0.3 is 0 Å². The number of piperidine rings is 2. The zero-order valence-electron chi connectivity index (χ0n) is 28.0. The fourth-order valence-corrected chi connectivity index (χ4v) is 6.63. The fourth-order valence-electron chi connectivity index (χ4n) is 6.39. The first-order chi connectivity index (χ1) is 24.3. The summed E-state index contributed by atoms with van der Waals surface area (Å²) in [5.41, 5.74) is 2.69. The highest BCUT2D eigenvalue weighted by Crippen LogP contribution is 2.35. The van der Waals surface area contributed by atoms with Crippen LogP contribution < -0.4 is 20.1 Å². The second-order valence-electron chi connectivity index (χ2n) is 12.7. The first-order valence-corrected chi connectivity index (χ1v) is 17.5. The number of likely N-dealkylation sites (tertiary alicyclic amines) is 2. The molecule has 0 spiro atoms. The predicted molar refractivity (Wildman–Crippen MR) is 194 cm³/mol. The Morgan fingerprint density at radius 2 is 1.74 bits per heavy atom. The number of fused-ring (bicyclic) bond motifs is 1. The van der Waals surface area contributed by atoms with E-state index < -0.39 is 0 Å². The van der Waals surface area contributed by atoms with E-state index in [1.54, 1.807) is 29.2 Å². The number of anilines is 3. The SMILES string of the molecule is C=CC(=O)N1CCC(CC(=O)Nc2cc3c(Nc4ccc(OCc5ccc(F)cc5)c(Cl)c4)ncnc3cc2OCCN2CCCCC2)CC1. The number of hydrogen-bond donors (Lipinski definition) is 2. The van der Waals surface area contributed by atoms with Gasteiger partial charge in [-0.3, -0.25) is 14.5 Å². The minimum atomic E-state index is -0.305. The van der Waals surface area contributed by atoms with Crippen molar-refractivity contribution >= 4 is 51.5 Å². The molecule has 2 fully saturated rings. The van der Waals surface area contributed by atoms with Gasteiger partial charge in [-0.25, -0.2) is 14.4 Å². The molecular formula is C38H42ClFN6O4. The quantitative estimate of drug-likeness (QED) is 0.139. The first kappa shape index (κ1) is 35.1. The molecule has 6 rings (SSSR count). The molecule has 2 amide bonds. The summed E-state index contributed by atoms with van der Waals surface area (Å²) in [5.74, 6) is 1.24. The number of rotatable bonds is 13. The number of carbonyl (C=O) groups excluding carboxylic acids is 2. The van der Waals surface area contributed by atoms with Crippen LogP contribution >= 0.6 is 11.6 Å². The number of ether oxygens (including phenoxy) is 2. The standard InChI is InChI=1S/C38H42ClFN6O4/c1-2-37(48)46-16-12-26(13-17-46)20-36(47)44-33-22-30-32(23-35(33)49-19-18-45-14-4-3-5-15-45)41-25-42-38(30)43-29-10-11-34(31(39)21-29)50-24-27-6-8-28(40)9-7-27/h2,6-11,21-23,25-26H,1,3-5,12-20,24H2,(H,44,47)(H,41,42,43). The van der Waals surface area contributed by atoms with E-state index in [1.807, 2.05) is 18.2 Å². The normalized spacial score (nSPS) is 15.4. The Balaban J connectivity index is 1.18. The maximum Gasteiger partial charge on any atom is 0.245 e. The molecule has 3 heterocycles. The van der Waals surface area contributed by atoms with Crippen LogP contribution in [0, 0.1) is 11.7 Å². The van der Waals surface area contributed by atoms with Gasteiger partial charge in [-0.1, -0.05) is 36.7 Å². The molecule has 0 radical (unpaired) electrons. The summed E-state index contributed by atoms with van der Waals surface area (Å²) in [6.07, 6.45) is 8.32. The molecule has 2 N–H and O–H groups in total. The Morgan fingerprint density at radius 1 is 0.960 bits per heavy atom. The molecule has 0 saturated carbocycles. The molecule has 262 valence electrons. The second kappa shape index (κ2) is 16.8.